The highest BCUT2D eigenvalue weighted by molar-refractivity contribution is 14.0. The minimum absolute atomic E-state index is 0. The fourth-order valence-corrected chi connectivity index (χ4v) is 3.15. The molecule has 0 fully saturated rings. The normalized spacial score (nSPS) is 11.0. The predicted molar refractivity (Wildman–Crippen MR) is 135 cm³/mol. The zero-order chi connectivity index (χ0) is 21.0. The van der Waals surface area contributed by atoms with Gasteiger partial charge in [0.05, 0.1) is 12.8 Å². The van der Waals surface area contributed by atoms with Gasteiger partial charge in [-0.2, -0.15) is 0 Å². The van der Waals surface area contributed by atoms with E-state index in [0.29, 0.717) is 25.4 Å². The molecule has 2 aromatic carbocycles. The standard InChI is InChI=1S/C24H28N4O2.HI/c1-2-25-24(27-16-15-26-23(29)22-14-9-17-30-22)28-18-21(19-10-5-3-6-11-19)20-12-7-4-8-13-20;/h3-14,17,21H,2,15-16,18H2,1H3,(H,26,29)(H2,25,27,28);1H. The molecule has 0 aliphatic rings. The molecule has 3 N–H and O–H groups in total. The van der Waals surface area contributed by atoms with Crippen molar-refractivity contribution in [1.29, 1.82) is 0 Å². The lowest BCUT2D eigenvalue weighted by molar-refractivity contribution is 0.0926. The summed E-state index contributed by atoms with van der Waals surface area (Å²) in [5.41, 5.74) is 2.46. The molecular weight excluding hydrogens is 503 g/mol. The molecule has 0 bridgehead atoms. The predicted octanol–water partition coefficient (Wildman–Crippen LogP) is 4.01. The molecular formula is C24H29IN4O2. The zero-order valence-electron chi connectivity index (χ0n) is 17.6. The second kappa shape index (κ2) is 13.5. The van der Waals surface area contributed by atoms with E-state index in [1.165, 1.54) is 17.4 Å². The van der Waals surface area contributed by atoms with Crippen LogP contribution in [0.3, 0.4) is 0 Å². The second-order valence-electron chi connectivity index (χ2n) is 6.75. The van der Waals surface area contributed by atoms with E-state index >= 15 is 0 Å². The molecule has 1 heterocycles. The number of hydrogen-bond donors (Lipinski definition) is 3. The van der Waals surface area contributed by atoms with E-state index < -0.39 is 0 Å². The van der Waals surface area contributed by atoms with Crippen molar-refractivity contribution in [3.05, 3.63) is 95.9 Å². The molecule has 31 heavy (non-hydrogen) atoms. The Bertz CT molecular complexity index is 876. The number of rotatable bonds is 9. The van der Waals surface area contributed by atoms with E-state index in [0.717, 1.165) is 12.5 Å². The lowest BCUT2D eigenvalue weighted by Crippen LogP contribution is -2.41. The van der Waals surface area contributed by atoms with Gasteiger partial charge in [-0.25, -0.2) is 0 Å². The number of benzene rings is 2. The molecule has 1 amide bonds. The third-order valence-electron chi connectivity index (χ3n) is 4.63. The number of nitrogens with zero attached hydrogens (tertiary/aromatic N) is 1. The van der Waals surface area contributed by atoms with Crippen molar-refractivity contribution < 1.29 is 9.21 Å². The summed E-state index contributed by atoms with van der Waals surface area (Å²) in [4.78, 5) is 16.7. The van der Waals surface area contributed by atoms with Gasteiger partial charge >= 0.3 is 0 Å². The van der Waals surface area contributed by atoms with Gasteiger partial charge in [-0.1, -0.05) is 60.7 Å². The minimum Gasteiger partial charge on any atom is -0.459 e. The number of amides is 1. The Hall–Kier alpha value is -2.81. The third kappa shape index (κ3) is 7.75. The first-order valence-corrected chi connectivity index (χ1v) is 10.2. The number of carbonyl (C=O) groups excluding carboxylic acids is 1. The number of nitrogens with one attached hydrogen (secondary N) is 3. The molecule has 0 aliphatic carbocycles. The largest absolute Gasteiger partial charge is 0.459 e. The molecule has 0 radical (unpaired) electrons. The highest BCUT2D eigenvalue weighted by Crippen LogP contribution is 2.24. The van der Waals surface area contributed by atoms with Crippen LogP contribution in [-0.2, 0) is 0 Å². The van der Waals surface area contributed by atoms with Crippen molar-refractivity contribution in [2.24, 2.45) is 4.99 Å². The molecule has 0 aliphatic heterocycles. The van der Waals surface area contributed by atoms with Gasteiger partial charge in [-0.15, -0.1) is 24.0 Å². The van der Waals surface area contributed by atoms with E-state index in [9.17, 15) is 4.79 Å². The van der Waals surface area contributed by atoms with Crippen molar-refractivity contribution in [1.82, 2.24) is 16.0 Å². The van der Waals surface area contributed by atoms with Gasteiger partial charge in [0.2, 0.25) is 0 Å². The van der Waals surface area contributed by atoms with Crippen LogP contribution in [0.25, 0.3) is 0 Å². The molecule has 0 spiro atoms. The van der Waals surface area contributed by atoms with Crippen molar-refractivity contribution in [2.75, 3.05) is 26.2 Å². The van der Waals surface area contributed by atoms with Crippen molar-refractivity contribution in [2.45, 2.75) is 12.8 Å². The lowest BCUT2D eigenvalue weighted by Gasteiger charge is -2.18. The Morgan fingerprint density at radius 3 is 2.03 bits per heavy atom. The van der Waals surface area contributed by atoms with Gasteiger partial charge in [-0.3, -0.25) is 9.79 Å². The molecule has 6 nitrogen and oxygen atoms in total. The zero-order valence-corrected chi connectivity index (χ0v) is 19.9. The number of aliphatic imine (C=N–C) groups is 1. The first kappa shape index (κ1) is 24.5. The fourth-order valence-electron chi connectivity index (χ4n) is 3.15. The number of halogens is 1. The Morgan fingerprint density at radius 2 is 1.48 bits per heavy atom. The molecule has 3 rings (SSSR count). The maximum absolute atomic E-state index is 11.9. The van der Waals surface area contributed by atoms with Crippen molar-refractivity contribution in [3.8, 4) is 0 Å². The molecule has 0 atom stereocenters. The first-order chi connectivity index (χ1) is 14.8. The second-order valence-corrected chi connectivity index (χ2v) is 6.75. The van der Waals surface area contributed by atoms with Crippen molar-refractivity contribution >= 4 is 35.8 Å². The topological polar surface area (TPSA) is 78.7 Å². The highest BCUT2D eigenvalue weighted by Gasteiger charge is 2.14. The van der Waals surface area contributed by atoms with Crippen LogP contribution in [0, 0.1) is 0 Å². The average molecular weight is 532 g/mol. The van der Waals surface area contributed by atoms with Crippen LogP contribution in [0.4, 0.5) is 0 Å². The number of furan rings is 1. The monoisotopic (exact) mass is 532 g/mol. The van der Waals surface area contributed by atoms with Gasteiger partial charge in [-0.05, 0) is 30.2 Å². The number of guanidine groups is 1. The first-order valence-electron chi connectivity index (χ1n) is 10.2. The fraction of sp³-hybridized carbons (Fsp3) is 0.250. The molecule has 164 valence electrons. The molecule has 3 aromatic rings. The summed E-state index contributed by atoms with van der Waals surface area (Å²) in [6.45, 7) is 4.42. The van der Waals surface area contributed by atoms with E-state index in [1.54, 1.807) is 12.1 Å². The number of carbonyl (C=O) groups is 1. The molecule has 7 heteroatoms. The Labute approximate surface area is 200 Å². The van der Waals surface area contributed by atoms with Gasteiger partial charge in [0.1, 0.15) is 0 Å². The maximum atomic E-state index is 11.9. The number of hydrogen-bond acceptors (Lipinski definition) is 3. The van der Waals surface area contributed by atoms with Crippen LogP contribution in [0.5, 0.6) is 0 Å². The van der Waals surface area contributed by atoms with E-state index in [-0.39, 0.29) is 35.8 Å². The van der Waals surface area contributed by atoms with E-state index in [2.05, 4.69) is 64.5 Å². The summed E-state index contributed by atoms with van der Waals surface area (Å²) in [7, 11) is 0. The maximum Gasteiger partial charge on any atom is 0.287 e. The molecule has 1 aromatic heterocycles. The SMILES string of the molecule is CCNC(=NCC(c1ccccc1)c1ccccc1)NCCNC(=O)c1ccco1.I. The lowest BCUT2D eigenvalue weighted by atomic mass is 9.91. The Balaban J connectivity index is 0.00000341. The minimum atomic E-state index is -0.225. The smallest absolute Gasteiger partial charge is 0.287 e. The summed E-state index contributed by atoms with van der Waals surface area (Å²) in [6.07, 6.45) is 1.49. The Morgan fingerprint density at radius 1 is 0.871 bits per heavy atom. The van der Waals surface area contributed by atoms with Gasteiger partial charge in [0.15, 0.2) is 11.7 Å². The van der Waals surface area contributed by atoms with Crippen LogP contribution >= 0.6 is 24.0 Å². The molecule has 0 saturated carbocycles. The molecule has 0 unspecified atom stereocenters. The van der Waals surface area contributed by atoms with E-state index in [1.807, 2.05) is 19.1 Å². The quantitative estimate of drug-likeness (QED) is 0.169. The summed E-state index contributed by atoms with van der Waals surface area (Å²) < 4.78 is 5.09. The summed E-state index contributed by atoms with van der Waals surface area (Å²) in [5.74, 6) is 0.976. The van der Waals surface area contributed by atoms with Crippen LogP contribution < -0.4 is 16.0 Å². The van der Waals surface area contributed by atoms with Crippen LogP contribution in [0.15, 0.2) is 88.5 Å². The van der Waals surface area contributed by atoms with Gasteiger partial charge < -0.3 is 20.4 Å². The molecule has 0 saturated heterocycles. The van der Waals surface area contributed by atoms with Gasteiger partial charge in [0, 0.05) is 25.6 Å². The third-order valence-corrected chi connectivity index (χ3v) is 4.63. The van der Waals surface area contributed by atoms with Crippen LogP contribution in [0.1, 0.15) is 34.5 Å². The summed E-state index contributed by atoms with van der Waals surface area (Å²) in [5, 5.41) is 9.36. The van der Waals surface area contributed by atoms with E-state index in [4.69, 9.17) is 9.41 Å². The highest BCUT2D eigenvalue weighted by atomic mass is 127. The van der Waals surface area contributed by atoms with Gasteiger partial charge in [0.25, 0.3) is 5.91 Å². The Kier molecular flexibility index (Phi) is 10.6. The van der Waals surface area contributed by atoms with Crippen LogP contribution in [0.2, 0.25) is 0 Å². The average Bonchev–Trinajstić information content (AvgIpc) is 3.33. The summed E-state index contributed by atoms with van der Waals surface area (Å²) in [6, 6.07) is 24.2. The summed E-state index contributed by atoms with van der Waals surface area (Å²) >= 11 is 0. The van der Waals surface area contributed by atoms with Crippen molar-refractivity contribution in [3.63, 3.8) is 0 Å². The van der Waals surface area contributed by atoms with Crippen LogP contribution in [-0.4, -0.2) is 38.0 Å².